The molecule has 0 radical (unpaired) electrons. The number of nitrogens with zero attached hydrogens (tertiary/aromatic N) is 2. The van der Waals surface area contributed by atoms with Gasteiger partial charge in [-0.25, -0.2) is 17.8 Å². The summed E-state index contributed by atoms with van der Waals surface area (Å²) >= 11 is 1.31. The topological polar surface area (TPSA) is 67.3 Å². The van der Waals surface area contributed by atoms with E-state index < -0.39 is 15.6 Å². The molecule has 2 aromatic rings. The van der Waals surface area contributed by atoms with Crippen molar-refractivity contribution in [3.05, 3.63) is 41.2 Å². The minimum Gasteiger partial charge on any atom is -0.342 e. The Morgan fingerprint density at radius 2 is 1.77 bits per heavy atom. The van der Waals surface area contributed by atoms with Crippen LogP contribution in [0.15, 0.2) is 29.6 Å². The van der Waals surface area contributed by atoms with E-state index >= 15 is 0 Å². The Balaban J connectivity index is 1.64. The first kappa shape index (κ1) is 19.0. The van der Waals surface area contributed by atoms with E-state index in [0.717, 1.165) is 31.2 Å². The van der Waals surface area contributed by atoms with Gasteiger partial charge in [-0.15, -0.1) is 11.3 Å². The monoisotopic (exact) mass is 396 g/mol. The fourth-order valence-electron chi connectivity index (χ4n) is 2.97. The molecule has 1 saturated heterocycles. The molecule has 3 rings (SSSR count). The number of sulfone groups is 1. The molecule has 140 valence electrons. The number of likely N-dealkylation sites (tertiary alicyclic amines) is 1. The highest BCUT2D eigenvalue weighted by Gasteiger charge is 2.24. The molecule has 0 spiro atoms. The van der Waals surface area contributed by atoms with Gasteiger partial charge in [0.1, 0.15) is 16.6 Å². The van der Waals surface area contributed by atoms with E-state index in [-0.39, 0.29) is 17.5 Å². The first-order valence-electron chi connectivity index (χ1n) is 8.61. The van der Waals surface area contributed by atoms with Gasteiger partial charge in [-0.05, 0) is 37.1 Å². The first-order chi connectivity index (χ1) is 12.4. The Bertz CT molecular complexity index is 855. The zero-order valence-corrected chi connectivity index (χ0v) is 16.0. The van der Waals surface area contributed by atoms with Crippen LogP contribution < -0.4 is 0 Å². The number of hydrogen-bond donors (Lipinski definition) is 0. The average Bonchev–Trinajstić information content (AvgIpc) is 2.87. The maximum atomic E-state index is 13.0. The Labute approximate surface area is 156 Å². The lowest BCUT2D eigenvalue weighted by Crippen LogP contribution is -2.36. The summed E-state index contributed by atoms with van der Waals surface area (Å²) < 4.78 is 37.8. The second-order valence-electron chi connectivity index (χ2n) is 6.48. The summed E-state index contributed by atoms with van der Waals surface area (Å²) in [6, 6.07) is 5.89. The van der Waals surface area contributed by atoms with Crippen LogP contribution in [-0.2, 0) is 20.4 Å². The summed E-state index contributed by atoms with van der Waals surface area (Å²) in [5.74, 6) is -1.39. The number of thiazole rings is 1. The number of carbonyl (C=O) groups excluding carboxylic acids is 1. The second kappa shape index (κ2) is 8.26. The lowest BCUT2D eigenvalue weighted by atomic mass is 10.2. The molecule has 1 aliphatic rings. The maximum absolute atomic E-state index is 13.0. The number of aromatic nitrogens is 1. The summed E-state index contributed by atoms with van der Waals surface area (Å²) in [4.78, 5) is 18.3. The molecule has 5 nitrogen and oxygen atoms in total. The van der Waals surface area contributed by atoms with Crippen LogP contribution in [0.2, 0.25) is 0 Å². The van der Waals surface area contributed by atoms with Crippen molar-refractivity contribution in [2.24, 2.45) is 0 Å². The highest BCUT2D eigenvalue weighted by Crippen LogP contribution is 2.25. The van der Waals surface area contributed by atoms with Crippen LogP contribution in [0, 0.1) is 5.82 Å². The summed E-state index contributed by atoms with van der Waals surface area (Å²) in [5.41, 5.74) is 1.15. The Kier molecular flexibility index (Phi) is 6.03. The summed E-state index contributed by atoms with van der Waals surface area (Å²) in [5, 5.41) is 2.31. The fourth-order valence-corrected chi connectivity index (χ4v) is 5.16. The molecule has 8 heteroatoms. The van der Waals surface area contributed by atoms with Gasteiger partial charge in [0.2, 0.25) is 5.91 Å². The Hall–Kier alpha value is -1.80. The predicted octanol–water partition coefficient (Wildman–Crippen LogP) is 3.27. The van der Waals surface area contributed by atoms with E-state index in [9.17, 15) is 17.6 Å². The van der Waals surface area contributed by atoms with Gasteiger partial charge in [-0.1, -0.05) is 12.8 Å². The number of rotatable bonds is 5. The first-order valence-corrected chi connectivity index (χ1v) is 11.3. The van der Waals surface area contributed by atoms with Gasteiger partial charge in [0.25, 0.3) is 0 Å². The third-order valence-corrected chi connectivity index (χ3v) is 6.68. The third-order valence-electron chi connectivity index (χ3n) is 4.31. The largest absolute Gasteiger partial charge is 0.342 e. The fraction of sp³-hybridized carbons (Fsp3) is 0.444. The predicted molar refractivity (Wildman–Crippen MR) is 100 cm³/mol. The van der Waals surface area contributed by atoms with Crippen LogP contribution in [0.1, 0.15) is 31.4 Å². The molecule has 0 bridgehead atoms. The van der Waals surface area contributed by atoms with Gasteiger partial charge < -0.3 is 4.90 Å². The molecule has 1 amide bonds. The summed E-state index contributed by atoms with van der Waals surface area (Å²) in [6.07, 6.45) is 4.03. The molecule has 1 aliphatic heterocycles. The lowest BCUT2D eigenvalue weighted by molar-refractivity contribution is -0.128. The molecule has 0 atom stereocenters. The van der Waals surface area contributed by atoms with E-state index in [1.165, 1.54) is 23.5 Å². The van der Waals surface area contributed by atoms with Crippen LogP contribution in [0.25, 0.3) is 10.6 Å². The number of benzene rings is 1. The zero-order valence-electron chi connectivity index (χ0n) is 14.4. The molecule has 0 saturated carbocycles. The van der Waals surface area contributed by atoms with Crippen molar-refractivity contribution < 1.29 is 17.6 Å². The maximum Gasteiger partial charge on any atom is 0.237 e. The molecule has 0 aliphatic carbocycles. The van der Waals surface area contributed by atoms with Gasteiger partial charge >= 0.3 is 0 Å². The minimum absolute atomic E-state index is 0.260. The Morgan fingerprint density at radius 3 is 2.42 bits per heavy atom. The highest BCUT2D eigenvalue weighted by atomic mass is 32.2. The van der Waals surface area contributed by atoms with Gasteiger partial charge in [-0.3, -0.25) is 4.79 Å². The highest BCUT2D eigenvalue weighted by molar-refractivity contribution is 7.91. The van der Waals surface area contributed by atoms with E-state index in [1.54, 1.807) is 22.4 Å². The molecular formula is C18H21FN2O3S2. The second-order valence-corrected chi connectivity index (χ2v) is 9.40. The summed E-state index contributed by atoms with van der Waals surface area (Å²) in [6.45, 7) is 1.28. The molecule has 0 N–H and O–H groups in total. The van der Waals surface area contributed by atoms with Crippen molar-refractivity contribution >= 4 is 27.1 Å². The van der Waals surface area contributed by atoms with E-state index in [0.29, 0.717) is 23.8 Å². The molecule has 1 fully saturated rings. The quantitative estimate of drug-likeness (QED) is 0.778. The normalized spacial score (nSPS) is 15.7. The van der Waals surface area contributed by atoms with Crippen LogP contribution in [0.4, 0.5) is 4.39 Å². The van der Waals surface area contributed by atoms with Crippen LogP contribution in [0.3, 0.4) is 0 Å². The molecule has 1 aromatic carbocycles. The molecule has 1 aromatic heterocycles. The van der Waals surface area contributed by atoms with Crippen molar-refractivity contribution in [2.75, 3.05) is 18.8 Å². The van der Waals surface area contributed by atoms with Crippen molar-refractivity contribution in [3.8, 4) is 10.6 Å². The van der Waals surface area contributed by atoms with Crippen molar-refractivity contribution in [1.82, 2.24) is 9.88 Å². The molecule has 0 unspecified atom stereocenters. The standard InChI is InChI=1S/C18H21FN2O3S2/c19-15-7-5-14(6-8-15)18-20-16(11-25-18)12-26(23,24)13-17(22)21-9-3-1-2-4-10-21/h5-8,11H,1-4,9-10,12-13H2. The summed E-state index contributed by atoms with van der Waals surface area (Å²) in [7, 11) is -3.58. The minimum atomic E-state index is -3.58. The number of hydrogen-bond acceptors (Lipinski definition) is 5. The number of carbonyl (C=O) groups is 1. The van der Waals surface area contributed by atoms with E-state index in [2.05, 4.69) is 4.98 Å². The van der Waals surface area contributed by atoms with Crippen LogP contribution in [-0.4, -0.2) is 43.1 Å². The van der Waals surface area contributed by atoms with Crippen LogP contribution >= 0.6 is 11.3 Å². The molecular weight excluding hydrogens is 375 g/mol. The molecule has 2 heterocycles. The van der Waals surface area contributed by atoms with Gasteiger partial charge in [0.05, 0.1) is 11.4 Å². The van der Waals surface area contributed by atoms with Crippen LogP contribution in [0.5, 0.6) is 0 Å². The SMILES string of the molecule is O=C(CS(=O)(=O)Cc1csc(-c2ccc(F)cc2)n1)N1CCCCCC1. The van der Waals surface area contributed by atoms with Crippen molar-refractivity contribution in [3.63, 3.8) is 0 Å². The number of halogens is 1. The van der Waals surface area contributed by atoms with Gasteiger partial charge in [-0.2, -0.15) is 0 Å². The van der Waals surface area contributed by atoms with Gasteiger partial charge in [0.15, 0.2) is 9.84 Å². The van der Waals surface area contributed by atoms with Crippen molar-refractivity contribution in [1.29, 1.82) is 0 Å². The Morgan fingerprint density at radius 1 is 1.12 bits per heavy atom. The van der Waals surface area contributed by atoms with E-state index in [4.69, 9.17) is 0 Å². The van der Waals surface area contributed by atoms with E-state index in [1.807, 2.05) is 0 Å². The smallest absolute Gasteiger partial charge is 0.237 e. The van der Waals surface area contributed by atoms with Crippen molar-refractivity contribution in [2.45, 2.75) is 31.4 Å². The van der Waals surface area contributed by atoms with Gasteiger partial charge in [0, 0.05) is 24.0 Å². The number of amides is 1. The lowest BCUT2D eigenvalue weighted by Gasteiger charge is -2.20. The average molecular weight is 397 g/mol. The third kappa shape index (κ3) is 5.11. The zero-order chi connectivity index (χ0) is 18.6. The molecule has 26 heavy (non-hydrogen) atoms.